The topological polar surface area (TPSA) is 32.3 Å². The molecule has 2 aliphatic heterocycles. The van der Waals surface area contributed by atoms with Crippen LogP contribution in [-0.2, 0) is 5.41 Å². The van der Waals surface area contributed by atoms with Gasteiger partial charge in [-0.25, -0.2) is 9.97 Å². The Morgan fingerprint density at radius 2 is 1.96 bits per heavy atom. The lowest BCUT2D eigenvalue weighted by molar-refractivity contribution is 0.353. The van der Waals surface area contributed by atoms with E-state index < -0.39 is 0 Å². The van der Waals surface area contributed by atoms with Crippen molar-refractivity contribution < 1.29 is 0 Å². The van der Waals surface area contributed by atoms with E-state index in [-0.39, 0.29) is 5.41 Å². The number of anilines is 3. The third-order valence-corrected chi connectivity index (χ3v) is 6.00. The molecule has 0 fully saturated rings. The molecule has 0 saturated carbocycles. The molecule has 1 unspecified atom stereocenters. The van der Waals surface area contributed by atoms with Gasteiger partial charge in [-0.3, -0.25) is 0 Å². The van der Waals surface area contributed by atoms with Crippen molar-refractivity contribution in [2.24, 2.45) is 0 Å². The molecular formula is C19H24N4. The van der Waals surface area contributed by atoms with Crippen LogP contribution in [0.25, 0.3) is 0 Å². The molecule has 4 rings (SSSR count). The minimum atomic E-state index is 0.273. The second-order valence-electron chi connectivity index (χ2n) is 6.74. The number of benzene rings is 1. The summed E-state index contributed by atoms with van der Waals surface area (Å²) in [4.78, 5) is 13.6. The van der Waals surface area contributed by atoms with E-state index in [4.69, 9.17) is 0 Å². The normalized spacial score (nSPS) is 21.4. The molecule has 0 N–H and O–H groups in total. The van der Waals surface area contributed by atoms with E-state index in [2.05, 4.69) is 64.9 Å². The molecule has 1 aromatic heterocycles. The third kappa shape index (κ3) is 1.90. The summed E-state index contributed by atoms with van der Waals surface area (Å²) in [5, 5.41) is 0. The number of nitrogens with zero attached hydrogens (tertiary/aromatic N) is 4. The van der Waals surface area contributed by atoms with E-state index in [0.717, 1.165) is 17.9 Å². The van der Waals surface area contributed by atoms with Crippen LogP contribution in [-0.4, -0.2) is 23.2 Å². The maximum absolute atomic E-state index is 4.61. The summed E-state index contributed by atoms with van der Waals surface area (Å²) in [6, 6.07) is 8.92. The lowest BCUT2D eigenvalue weighted by Crippen LogP contribution is -2.38. The summed E-state index contributed by atoms with van der Waals surface area (Å²) in [5.74, 6) is 1.04. The highest BCUT2D eigenvalue weighted by atomic mass is 15.4. The average molecular weight is 308 g/mol. The van der Waals surface area contributed by atoms with Crippen molar-refractivity contribution in [3.8, 4) is 0 Å². The highest BCUT2D eigenvalue weighted by Crippen LogP contribution is 2.51. The van der Waals surface area contributed by atoms with Crippen molar-refractivity contribution in [3.05, 3.63) is 42.4 Å². The van der Waals surface area contributed by atoms with Gasteiger partial charge < -0.3 is 9.80 Å². The molecule has 2 aliphatic rings. The van der Waals surface area contributed by atoms with Gasteiger partial charge in [0.2, 0.25) is 0 Å². The minimum Gasteiger partial charge on any atom is -0.350 e. The molecule has 2 aromatic rings. The Morgan fingerprint density at radius 3 is 2.74 bits per heavy atom. The summed E-state index contributed by atoms with van der Waals surface area (Å²) in [7, 11) is 2.17. The molecule has 0 amide bonds. The Labute approximate surface area is 138 Å². The zero-order chi connectivity index (χ0) is 16.0. The molecule has 4 nitrogen and oxygen atoms in total. The maximum atomic E-state index is 4.61. The molecule has 0 radical (unpaired) electrons. The molecule has 120 valence electrons. The predicted octanol–water partition coefficient (Wildman–Crippen LogP) is 4.24. The first kappa shape index (κ1) is 14.5. The summed E-state index contributed by atoms with van der Waals surface area (Å²) in [6.45, 7) is 4.66. The molecule has 3 heterocycles. The van der Waals surface area contributed by atoms with Crippen LogP contribution in [0.15, 0.2) is 36.8 Å². The summed E-state index contributed by atoms with van der Waals surface area (Å²) in [6.07, 6.45) is 8.65. The van der Waals surface area contributed by atoms with Gasteiger partial charge in [0.25, 0.3) is 0 Å². The van der Waals surface area contributed by atoms with E-state index >= 15 is 0 Å². The highest BCUT2D eigenvalue weighted by molar-refractivity contribution is 5.81. The smallest absolute Gasteiger partial charge is 0.161 e. The Kier molecular flexibility index (Phi) is 3.29. The van der Waals surface area contributed by atoms with E-state index in [0.29, 0.717) is 6.17 Å². The fraction of sp³-hybridized carbons (Fsp3) is 0.474. The lowest BCUT2D eigenvalue weighted by Gasteiger charge is -2.33. The Hall–Kier alpha value is -2.10. The Balaban J connectivity index is 1.95. The fourth-order valence-corrected chi connectivity index (χ4v) is 4.48. The second-order valence-corrected chi connectivity index (χ2v) is 6.74. The van der Waals surface area contributed by atoms with Crippen LogP contribution in [0.1, 0.15) is 45.1 Å². The van der Waals surface area contributed by atoms with Gasteiger partial charge in [0.15, 0.2) is 5.82 Å². The lowest BCUT2D eigenvalue weighted by atomic mass is 9.72. The number of hydrogen-bond donors (Lipinski definition) is 0. The van der Waals surface area contributed by atoms with Crippen molar-refractivity contribution in [1.29, 1.82) is 0 Å². The molecule has 0 spiro atoms. The van der Waals surface area contributed by atoms with Crippen LogP contribution in [0.2, 0.25) is 0 Å². The fourth-order valence-electron chi connectivity index (χ4n) is 4.48. The third-order valence-electron chi connectivity index (χ3n) is 6.00. The molecule has 0 bridgehead atoms. The summed E-state index contributed by atoms with van der Waals surface area (Å²) in [5.41, 5.74) is 4.21. The largest absolute Gasteiger partial charge is 0.350 e. The summed E-state index contributed by atoms with van der Waals surface area (Å²) >= 11 is 0. The monoisotopic (exact) mass is 308 g/mol. The standard InChI is InChI=1S/C19H24N4/c1-4-19(5-2)11-10-17-22(3)16-12-20-13-21-18(16)23(17)15-9-7-6-8-14(15)19/h6-9,12-13,17H,4-5,10-11H2,1-3H3. The van der Waals surface area contributed by atoms with Crippen LogP contribution in [0.5, 0.6) is 0 Å². The van der Waals surface area contributed by atoms with Crippen LogP contribution >= 0.6 is 0 Å². The quantitative estimate of drug-likeness (QED) is 0.830. The van der Waals surface area contributed by atoms with Crippen molar-refractivity contribution in [1.82, 2.24) is 9.97 Å². The van der Waals surface area contributed by atoms with Crippen LogP contribution in [0.4, 0.5) is 17.2 Å². The molecule has 1 aromatic carbocycles. The van der Waals surface area contributed by atoms with Crippen LogP contribution < -0.4 is 9.80 Å². The van der Waals surface area contributed by atoms with Gasteiger partial charge in [0.05, 0.1) is 6.20 Å². The van der Waals surface area contributed by atoms with Crippen molar-refractivity contribution >= 4 is 17.2 Å². The van der Waals surface area contributed by atoms with Gasteiger partial charge in [-0.05, 0) is 42.7 Å². The number of rotatable bonds is 2. The minimum absolute atomic E-state index is 0.273. The Morgan fingerprint density at radius 1 is 1.17 bits per heavy atom. The van der Waals surface area contributed by atoms with E-state index in [9.17, 15) is 0 Å². The molecular weight excluding hydrogens is 284 g/mol. The Bertz CT molecular complexity index is 723. The molecule has 1 atom stereocenters. The van der Waals surface area contributed by atoms with E-state index in [1.54, 1.807) is 6.33 Å². The summed E-state index contributed by atoms with van der Waals surface area (Å²) < 4.78 is 0. The van der Waals surface area contributed by atoms with Gasteiger partial charge in [0.1, 0.15) is 18.2 Å². The van der Waals surface area contributed by atoms with E-state index in [1.807, 2.05) is 6.20 Å². The van der Waals surface area contributed by atoms with Gasteiger partial charge >= 0.3 is 0 Å². The van der Waals surface area contributed by atoms with Gasteiger partial charge in [-0.1, -0.05) is 32.0 Å². The molecule has 23 heavy (non-hydrogen) atoms. The van der Waals surface area contributed by atoms with Gasteiger partial charge in [-0.2, -0.15) is 0 Å². The van der Waals surface area contributed by atoms with Crippen LogP contribution in [0, 0.1) is 0 Å². The average Bonchev–Trinajstić information content (AvgIpc) is 2.80. The van der Waals surface area contributed by atoms with Crippen LogP contribution in [0.3, 0.4) is 0 Å². The van der Waals surface area contributed by atoms with Gasteiger partial charge in [0, 0.05) is 12.7 Å². The SMILES string of the molecule is CCC1(CC)CCC2N(C)c3cncnc3N2c2ccccc21. The van der Waals surface area contributed by atoms with E-state index in [1.165, 1.54) is 30.5 Å². The molecule has 0 aliphatic carbocycles. The number of aromatic nitrogens is 2. The molecule has 0 saturated heterocycles. The first-order valence-corrected chi connectivity index (χ1v) is 8.63. The van der Waals surface area contributed by atoms with Crippen molar-refractivity contribution in [2.45, 2.75) is 51.1 Å². The van der Waals surface area contributed by atoms with Gasteiger partial charge in [-0.15, -0.1) is 0 Å². The number of para-hydroxylation sites is 1. The highest BCUT2D eigenvalue weighted by Gasteiger charge is 2.43. The first-order chi connectivity index (χ1) is 11.2. The maximum Gasteiger partial charge on any atom is 0.161 e. The predicted molar refractivity (Wildman–Crippen MR) is 94.3 cm³/mol. The first-order valence-electron chi connectivity index (χ1n) is 8.63. The molecule has 4 heteroatoms. The number of hydrogen-bond acceptors (Lipinski definition) is 4. The number of fused-ring (bicyclic) bond motifs is 5. The second kappa shape index (κ2) is 5.22. The zero-order valence-corrected chi connectivity index (χ0v) is 14.2. The van der Waals surface area contributed by atoms with Crippen molar-refractivity contribution in [2.75, 3.05) is 16.8 Å². The zero-order valence-electron chi connectivity index (χ0n) is 14.2. The van der Waals surface area contributed by atoms with Crippen molar-refractivity contribution in [3.63, 3.8) is 0 Å².